The van der Waals surface area contributed by atoms with E-state index in [1.165, 1.54) is 0 Å². The number of hydrogen-bond donors (Lipinski definition) is 2. The van der Waals surface area contributed by atoms with Gasteiger partial charge in [0.1, 0.15) is 0 Å². The van der Waals surface area contributed by atoms with Crippen LogP contribution in [0.3, 0.4) is 0 Å². The number of carbonyl (C=O) groups is 1. The van der Waals surface area contributed by atoms with Crippen molar-refractivity contribution >= 4 is 11.7 Å². The molecule has 7 nitrogen and oxygen atoms in total. The van der Waals surface area contributed by atoms with E-state index in [2.05, 4.69) is 20.8 Å². The number of amides is 2. The second kappa shape index (κ2) is 7.04. The molecular weight excluding hydrogens is 282 g/mol. The minimum atomic E-state index is -0.243. The van der Waals surface area contributed by atoms with Crippen molar-refractivity contribution in [2.24, 2.45) is 0 Å². The Balaban J connectivity index is 1.97. The van der Waals surface area contributed by atoms with E-state index in [1.807, 2.05) is 44.1 Å². The highest BCUT2D eigenvalue weighted by atomic mass is 16.5. The van der Waals surface area contributed by atoms with Crippen LogP contribution in [0.15, 0.2) is 28.8 Å². The molecule has 0 fully saturated rings. The lowest BCUT2D eigenvalue weighted by atomic mass is 10.2. The van der Waals surface area contributed by atoms with Crippen LogP contribution in [-0.2, 0) is 0 Å². The van der Waals surface area contributed by atoms with E-state index >= 15 is 0 Å². The fourth-order valence-corrected chi connectivity index (χ4v) is 1.74. The average molecular weight is 303 g/mol. The molecule has 1 aromatic carbocycles. The molecule has 0 aliphatic heterocycles. The van der Waals surface area contributed by atoms with E-state index in [-0.39, 0.29) is 12.1 Å². The third kappa shape index (κ3) is 4.29. The summed E-state index contributed by atoms with van der Waals surface area (Å²) in [7, 11) is 3.94. The molecule has 2 aromatic rings. The van der Waals surface area contributed by atoms with Gasteiger partial charge in [0.15, 0.2) is 5.82 Å². The largest absolute Gasteiger partial charge is 0.336 e. The highest BCUT2D eigenvalue weighted by molar-refractivity contribution is 5.89. The van der Waals surface area contributed by atoms with Gasteiger partial charge in [0.05, 0.1) is 0 Å². The second-order valence-electron chi connectivity index (χ2n) is 5.38. The predicted octanol–water partition coefficient (Wildman–Crippen LogP) is 2.12. The Morgan fingerprint density at radius 1 is 1.41 bits per heavy atom. The first kappa shape index (κ1) is 16.0. The first-order chi connectivity index (χ1) is 10.5. The normalized spacial score (nSPS) is 12.2. The zero-order chi connectivity index (χ0) is 16.1. The van der Waals surface area contributed by atoms with Crippen LogP contribution in [0, 0.1) is 6.92 Å². The van der Waals surface area contributed by atoms with Crippen LogP contribution in [0.4, 0.5) is 10.5 Å². The number of hydrogen-bond acceptors (Lipinski definition) is 5. The summed E-state index contributed by atoms with van der Waals surface area (Å²) in [6, 6.07) is 7.30. The average Bonchev–Trinajstić information content (AvgIpc) is 2.91. The molecule has 0 bridgehead atoms. The topological polar surface area (TPSA) is 83.3 Å². The van der Waals surface area contributed by atoms with Gasteiger partial charge in [-0.3, -0.25) is 0 Å². The summed E-state index contributed by atoms with van der Waals surface area (Å²) in [6.07, 6.45) is 0. The van der Waals surface area contributed by atoms with Crippen LogP contribution >= 0.6 is 0 Å². The summed E-state index contributed by atoms with van der Waals surface area (Å²) in [5.41, 5.74) is 1.43. The monoisotopic (exact) mass is 303 g/mol. The maximum absolute atomic E-state index is 11.9. The standard InChI is InChI=1S/C15H21N5O2/c1-10(20(3)4)9-16-15(21)18-13-7-5-6-12(8-13)14-17-11(2)19-22-14/h5-8,10H,9H2,1-4H3,(H2,16,18,21). The summed E-state index contributed by atoms with van der Waals surface area (Å²) < 4.78 is 5.12. The number of aryl methyl sites for hydroxylation is 1. The fraction of sp³-hybridized carbons (Fsp3) is 0.400. The predicted molar refractivity (Wildman–Crippen MR) is 84.6 cm³/mol. The van der Waals surface area contributed by atoms with Crippen molar-refractivity contribution in [2.75, 3.05) is 26.0 Å². The first-order valence-electron chi connectivity index (χ1n) is 7.07. The maximum atomic E-state index is 11.9. The number of rotatable bonds is 5. The lowest BCUT2D eigenvalue weighted by Crippen LogP contribution is -2.40. The van der Waals surface area contributed by atoms with Gasteiger partial charge in [-0.1, -0.05) is 11.2 Å². The van der Waals surface area contributed by atoms with Crippen molar-refractivity contribution in [3.63, 3.8) is 0 Å². The molecule has 0 aliphatic carbocycles. The second-order valence-corrected chi connectivity index (χ2v) is 5.38. The van der Waals surface area contributed by atoms with Gasteiger partial charge in [0.2, 0.25) is 0 Å². The van der Waals surface area contributed by atoms with Crippen molar-refractivity contribution in [1.82, 2.24) is 20.4 Å². The zero-order valence-corrected chi connectivity index (χ0v) is 13.3. The van der Waals surface area contributed by atoms with Gasteiger partial charge in [-0.05, 0) is 46.1 Å². The molecule has 1 unspecified atom stereocenters. The molecule has 2 rings (SSSR count). The van der Waals surface area contributed by atoms with E-state index in [0.29, 0.717) is 23.9 Å². The van der Waals surface area contributed by atoms with Crippen molar-refractivity contribution in [2.45, 2.75) is 19.9 Å². The van der Waals surface area contributed by atoms with E-state index < -0.39 is 0 Å². The number of nitrogens with zero attached hydrogens (tertiary/aromatic N) is 3. The van der Waals surface area contributed by atoms with Gasteiger partial charge in [0, 0.05) is 23.8 Å². The number of aromatic nitrogens is 2. The summed E-state index contributed by atoms with van der Waals surface area (Å²) in [6.45, 7) is 4.37. The Bertz CT molecular complexity index is 638. The van der Waals surface area contributed by atoms with E-state index in [4.69, 9.17) is 4.52 Å². The summed E-state index contributed by atoms with van der Waals surface area (Å²) in [5, 5.41) is 9.39. The number of anilines is 1. The minimum absolute atomic E-state index is 0.243. The molecule has 2 amide bonds. The van der Waals surface area contributed by atoms with Gasteiger partial charge in [-0.15, -0.1) is 0 Å². The van der Waals surface area contributed by atoms with Crippen molar-refractivity contribution in [1.29, 1.82) is 0 Å². The van der Waals surface area contributed by atoms with Gasteiger partial charge in [-0.25, -0.2) is 4.79 Å². The highest BCUT2D eigenvalue weighted by Crippen LogP contribution is 2.20. The first-order valence-corrected chi connectivity index (χ1v) is 7.07. The molecule has 22 heavy (non-hydrogen) atoms. The number of nitrogens with one attached hydrogen (secondary N) is 2. The Labute approximate surface area is 129 Å². The molecule has 0 saturated heterocycles. The minimum Gasteiger partial charge on any atom is -0.336 e. The van der Waals surface area contributed by atoms with E-state index in [0.717, 1.165) is 5.56 Å². The molecule has 1 atom stereocenters. The molecule has 0 aliphatic rings. The highest BCUT2D eigenvalue weighted by Gasteiger charge is 2.09. The number of benzene rings is 1. The van der Waals surface area contributed by atoms with Crippen molar-refractivity contribution in [3.05, 3.63) is 30.1 Å². The lowest BCUT2D eigenvalue weighted by Gasteiger charge is -2.20. The van der Waals surface area contributed by atoms with Crippen molar-refractivity contribution in [3.8, 4) is 11.5 Å². The van der Waals surface area contributed by atoms with Crippen molar-refractivity contribution < 1.29 is 9.32 Å². The Morgan fingerprint density at radius 2 is 2.18 bits per heavy atom. The number of carbonyl (C=O) groups excluding carboxylic acids is 1. The Hall–Kier alpha value is -2.41. The lowest BCUT2D eigenvalue weighted by molar-refractivity contribution is 0.245. The van der Waals surface area contributed by atoms with Crippen LogP contribution in [-0.4, -0.2) is 47.8 Å². The quantitative estimate of drug-likeness (QED) is 0.884. The molecule has 2 N–H and O–H groups in total. The van der Waals surface area contributed by atoms with Crippen LogP contribution < -0.4 is 10.6 Å². The molecule has 118 valence electrons. The molecule has 7 heteroatoms. The molecule has 0 radical (unpaired) electrons. The molecule has 1 heterocycles. The van der Waals surface area contributed by atoms with Crippen LogP contribution in [0.25, 0.3) is 11.5 Å². The smallest absolute Gasteiger partial charge is 0.319 e. The van der Waals surface area contributed by atoms with E-state index in [1.54, 1.807) is 13.0 Å². The van der Waals surface area contributed by atoms with Gasteiger partial charge >= 0.3 is 6.03 Å². The third-order valence-electron chi connectivity index (χ3n) is 3.33. The SMILES string of the molecule is Cc1noc(-c2cccc(NC(=O)NCC(C)N(C)C)c2)n1. The van der Waals surface area contributed by atoms with Gasteiger partial charge < -0.3 is 20.1 Å². The Morgan fingerprint density at radius 3 is 2.82 bits per heavy atom. The number of urea groups is 1. The molecule has 0 spiro atoms. The Kier molecular flexibility index (Phi) is 5.11. The summed E-state index contributed by atoms with van der Waals surface area (Å²) in [5.74, 6) is 1.01. The molecule has 1 aromatic heterocycles. The zero-order valence-electron chi connectivity index (χ0n) is 13.3. The number of likely N-dealkylation sites (N-methyl/N-ethyl adjacent to an activating group) is 1. The van der Waals surface area contributed by atoms with Gasteiger partial charge in [-0.2, -0.15) is 4.98 Å². The van der Waals surface area contributed by atoms with Crippen LogP contribution in [0.5, 0.6) is 0 Å². The summed E-state index contributed by atoms with van der Waals surface area (Å²) >= 11 is 0. The van der Waals surface area contributed by atoms with Gasteiger partial charge in [0.25, 0.3) is 5.89 Å². The fourth-order valence-electron chi connectivity index (χ4n) is 1.74. The van der Waals surface area contributed by atoms with Crippen LogP contribution in [0.2, 0.25) is 0 Å². The maximum Gasteiger partial charge on any atom is 0.319 e. The third-order valence-corrected chi connectivity index (χ3v) is 3.33. The molecule has 0 saturated carbocycles. The summed E-state index contributed by atoms with van der Waals surface area (Å²) in [4.78, 5) is 18.1. The van der Waals surface area contributed by atoms with E-state index in [9.17, 15) is 4.79 Å². The van der Waals surface area contributed by atoms with Crippen LogP contribution in [0.1, 0.15) is 12.7 Å². The molecular formula is C15H21N5O2.